The molecule has 25 heavy (non-hydrogen) atoms. The molecule has 0 fully saturated rings. The average molecular weight is 333 g/mol. The van der Waals surface area contributed by atoms with Crippen molar-refractivity contribution in [3.05, 3.63) is 90.0 Å². The highest BCUT2D eigenvalue weighted by Crippen LogP contribution is 2.19. The standard InChI is InChI=1S/C22H23NO2/c1-24-21-11-6-10-20(16-21)23-17-19-9-5-12-22(15-19)25-14-13-18-7-3-2-4-8-18/h2-12,15-16,23H,13-14,17H2,1H3. The molecular weight excluding hydrogens is 310 g/mol. The first-order valence-electron chi connectivity index (χ1n) is 8.47. The lowest BCUT2D eigenvalue weighted by molar-refractivity contribution is 0.321. The first-order valence-corrected chi connectivity index (χ1v) is 8.47. The van der Waals surface area contributed by atoms with Crippen molar-refractivity contribution in [3.63, 3.8) is 0 Å². The molecule has 0 aliphatic carbocycles. The lowest BCUT2D eigenvalue weighted by atomic mass is 10.2. The first-order chi connectivity index (χ1) is 12.3. The van der Waals surface area contributed by atoms with E-state index in [1.165, 1.54) is 11.1 Å². The molecule has 0 aliphatic rings. The minimum Gasteiger partial charge on any atom is -0.497 e. The summed E-state index contributed by atoms with van der Waals surface area (Å²) >= 11 is 0. The fourth-order valence-electron chi connectivity index (χ4n) is 2.61. The molecule has 0 amide bonds. The first kappa shape index (κ1) is 16.9. The van der Waals surface area contributed by atoms with Crippen molar-refractivity contribution in [2.75, 3.05) is 19.0 Å². The quantitative estimate of drug-likeness (QED) is 0.634. The van der Waals surface area contributed by atoms with Crippen LogP contribution in [0.2, 0.25) is 0 Å². The van der Waals surface area contributed by atoms with Gasteiger partial charge in [0.2, 0.25) is 0 Å². The van der Waals surface area contributed by atoms with E-state index in [-0.39, 0.29) is 0 Å². The Hall–Kier alpha value is -2.94. The zero-order valence-corrected chi connectivity index (χ0v) is 14.4. The van der Waals surface area contributed by atoms with E-state index < -0.39 is 0 Å². The lowest BCUT2D eigenvalue weighted by Crippen LogP contribution is -2.03. The third-order valence-electron chi connectivity index (χ3n) is 3.97. The third kappa shape index (κ3) is 5.28. The van der Waals surface area contributed by atoms with Gasteiger partial charge >= 0.3 is 0 Å². The lowest BCUT2D eigenvalue weighted by Gasteiger charge is -2.10. The molecule has 3 aromatic carbocycles. The van der Waals surface area contributed by atoms with Crippen molar-refractivity contribution in [1.82, 2.24) is 0 Å². The molecule has 3 rings (SSSR count). The minimum absolute atomic E-state index is 0.677. The van der Waals surface area contributed by atoms with E-state index in [0.29, 0.717) is 6.61 Å². The zero-order chi connectivity index (χ0) is 17.3. The van der Waals surface area contributed by atoms with E-state index in [0.717, 1.165) is 30.2 Å². The second-order valence-electron chi connectivity index (χ2n) is 5.82. The number of hydrogen-bond donors (Lipinski definition) is 1. The predicted octanol–water partition coefficient (Wildman–Crippen LogP) is 4.93. The molecule has 0 saturated carbocycles. The zero-order valence-electron chi connectivity index (χ0n) is 14.4. The van der Waals surface area contributed by atoms with Gasteiger partial charge in [-0.25, -0.2) is 0 Å². The molecule has 0 aliphatic heterocycles. The van der Waals surface area contributed by atoms with Crippen LogP contribution in [0.3, 0.4) is 0 Å². The highest BCUT2D eigenvalue weighted by Gasteiger charge is 2.00. The van der Waals surface area contributed by atoms with Gasteiger partial charge < -0.3 is 14.8 Å². The third-order valence-corrected chi connectivity index (χ3v) is 3.97. The Morgan fingerprint density at radius 1 is 0.760 bits per heavy atom. The molecule has 0 spiro atoms. The Bertz CT molecular complexity index is 787. The number of benzene rings is 3. The van der Waals surface area contributed by atoms with Gasteiger partial charge in [0.25, 0.3) is 0 Å². The van der Waals surface area contributed by atoms with E-state index >= 15 is 0 Å². The van der Waals surface area contributed by atoms with Crippen LogP contribution in [0.1, 0.15) is 11.1 Å². The van der Waals surface area contributed by atoms with Gasteiger partial charge in [-0.3, -0.25) is 0 Å². The Balaban J connectivity index is 1.52. The largest absolute Gasteiger partial charge is 0.497 e. The molecule has 0 radical (unpaired) electrons. The molecule has 3 nitrogen and oxygen atoms in total. The molecule has 1 N–H and O–H groups in total. The van der Waals surface area contributed by atoms with E-state index in [2.05, 4.69) is 41.7 Å². The van der Waals surface area contributed by atoms with Gasteiger partial charge in [0.05, 0.1) is 13.7 Å². The Labute approximate surface area is 149 Å². The molecule has 0 atom stereocenters. The van der Waals surface area contributed by atoms with E-state index in [9.17, 15) is 0 Å². The van der Waals surface area contributed by atoms with Gasteiger partial charge in [0.1, 0.15) is 11.5 Å². The van der Waals surface area contributed by atoms with Crippen LogP contribution < -0.4 is 14.8 Å². The van der Waals surface area contributed by atoms with Crippen LogP contribution in [0.4, 0.5) is 5.69 Å². The summed E-state index contributed by atoms with van der Waals surface area (Å²) in [5.74, 6) is 1.75. The van der Waals surface area contributed by atoms with Gasteiger partial charge in [0.15, 0.2) is 0 Å². The van der Waals surface area contributed by atoms with Crippen molar-refractivity contribution in [2.24, 2.45) is 0 Å². The molecule has 3 aromatic rings. The summed E-state index contributed by atoms with van der Waals surface area (Å²) < 4.78 is 11.1. The fraction of sp³-hybridized carbons (Fsp3) is 0.182. The SMILES string of the molecule is COc1cccc(NCc2cccc(OCCc3ccccc3)c2)c1. The van der Waals surface area contributed by atoms with Crippen LogP contribution in [0.25, 0.3) is 0 Å². The molecule has 0 aromatic heterocycles. The summed E-state index contributed by atoms with van der Waals surface area (Å²) in [7, 11) is 1.68. The maximum atomic E-state index is 5.89. The molecule has 0 heterocycles. The van der Waals surface area contributed by atoms with Crippen LogP contribution >= 0.6 is 0 Å². The predicted molar refractivity (Wildman–Crippen MR) is 102 cm³/mol. The van der Waals surface area contributed by atoms with Crippen LogP contribution in [0, 0.1) is 0 Å². The summed E-state index contributed by atoms with van der Waals surface area (Å²) in [5, 5.41) is 3.41. The number of ether oxygens (including phenoxy) is 2. The van der Waals surface area contributed by atoms with Crippen molar-refractivity contribution in [2.45, 2.75) is 13.0 Å². The molecule has 0 unspecified atom stereocenters. The highest BCUT2D eigenvalue weighted by molar-refractivity contribution is 5.48. The number of hydrogen-bond acceptors (Lipinski definition) is 3. The maximum Gasteiger partial charge on any atom is 0.120 e. The van der Waals surface area contributed by atoms with Gasteiger partial charge in [-0.1, -0.05) is 48.5 Å². The Morgan fingerprint density at radius 3 is 2.36 bits per heavy atom. The summed E-state index contributed by atoms with van der Waals surface area (Å²) in [6, 6.07) is 26.5. The number of anilines is 1. The van der Waals surface area contributed by atoms with Crippen molar-refractivity contribution >= 4 is 5.69 Å². The van der Waals surface area contributed by atoms with Gasteiger partial charge in [-0.05, 0) is 35.4 Å². The van der Waals surface area contributed by atoms with Crippen LogP contribution in [0.15, 0.2) is 78.9 Å². The topological polar surface area (TPSA) is 30.5 Å². The normalized spacial score (nSPS) is 10.3. The van der Waals surface area contributed by atoms with Crippen LogP contribution in [0.5, 0.6) is 11.5 Å². The Kier molecular flexibility index (Phi) is 5.94. The van der Waals surface area contributed by atoms with Gasteiger partial charge in [-0.2, -0.15) is 0 Å². The molecule has 128 valence electrons. The minimum atomic E-state index is 0.677. The maximum absolute atomic E-state index is 5.89. The van der Waals surface area contributed by atoms with Gasteiger partial charge in [-0.15, -0.1) is 0 Å². The van der Waals surface area contributed by atoms with Crippen molar-refractivity contribution < 1.29 is 9.47 Å². The van der Waals surface area contributed by atoms with E-state index in [4.69, 9.17) is 9.47 Å². The number of methoxy groups -OCH3 is 1. The summed E-state index contributed by atoms with van der Waals surface area (Å²) in [6.45, 7) is 1.42. The highest BCUT2D eigenvalue weighted by atomic mass is 16.5. The number of rotatable bonds is 8. The van der Waals surface area contributed by atoms with Gasteiger partial charge in [0, 0.05) is 24.7 Å². The van der Waals surface area contributed by atoms with Crippen LogP contribution in [-0.4, -0.2) is 13.7 Å². The second-order valence-corrected chi connectivity index (χ2v) is 5.82. The number of nitrogens with one attached hydrogen (secondary N) is 1. The summed E-state index contributed by atoms with van der Waals surface area (Å²) in [6.07, 6.45) is 0.910. The molecular formula is C22H23NO2. The second kappa shape index (κ2) is 8.78. The Morgan fingerprint density at radius 2 is 1.52 bits per heavy atom. The van der Waals surface area contributed by atoms with E-state index in [1.807, 2.05) is 42.5 Å². The fourth-order valence-corrected chi connectivity index (χ4v) is 2.61. The monoisotopic (exact) mass is 333 g/mol. The van der Waals surface area contributed by atoms with Crippen molar-refractivity contribution in [1.29, 1.82) is 0 Å². The van der Waals surface area contributed by atoms with Crippen molar-refractivity contribution in [3.8, 4) is 11.5 Å². The smallest absolute Gasteiger partial charge is 0.120 e. The molecule has 0 bridgehead atoms. The summed E-state index contributed by atoms with van der Waals surface area (Å²) in [5.41, 5.74) is 3.51. The van der Waals surface area contributed by atoms with E-state index in [1.54, 1.807) is 7.11 Å². The molecule has 0 saturated heterocycles. The molecule has 3 heteroatoms. The van der Waals surface area contributed by atoms with Crippen LogP contribution in [-0.2, 0) is 13.0 Å². The summed E-state index contributed by atoms with van der Waals surface area (Å²) in [4.78, 5) is 0. The average Bonchev–Trinajstić information content (AvgIpc) is 2.68.